The minimum absolute atomic E-state index is 0.271. The van der Waals surface area contributed by atoms with Crippen molar-refractivity contribution in [3.8, 4) is 0 Å². The maximum atomic E-state index is 13.0. The van der Waals surface area contributed by atoms with Crippen LogP contribution in [0.3, 0.4) is 0 Å². The van der Waals surface area contributed by atoms with Gasteiger partial charge < -0.3 is 5.32 Å². The molecule has 0 aliphatic heterocycles. The minimum atomic E-state index is -2.68. The highest BCUT2D eigenvalue weighted by Crippen LogP contribution is 2.19. The number of anilines is 1. The molecule has 0 aliphatic carbocycles. The van der Waals surface area contributed by atoms with E-state index < -0.39 is 12.3 Å². The second kappa shape index (κ2) is 7.47. The van der Waals surface area contributed by atoms with Gasteiger partial charge in [0.05, 0.1) is 24.1 Å². The summed E-state index contributed by atoms with van der Waals surface area (Å²) in [5.74, 6) is -0.440. The van der Waals surface area contributed by atoms with Crippen LogP contribution in [-0.4, -0.2) is 25.5 Å². The Labute approximate surface area is 149 Å². The van der Waals surface area contributed by atoms with E-state index in [1.54, 1.807) is 17.8 Å². The molecule has 1 N–H and O–H groups in total. The largest absolute Gasteiger partial charge is 0.322 e. The highest BCUT2D eigenvalue weighted by molar-refractivity contribution is 5.90. The lowest BCUT2D eigenvalue weighted by atomic mass is 10.1. The lowest BCUT2D eigenvalue weighted by molar-refractivity contribution is -0.117. The minimum Gasteiger partial charge on any atom is -0.322 e. The first-order valence-electron chi connectivity index (χ1n) is 8.11. The second-order valence-electron chi connectivity index (χ2n) is 6.13. The van der Waals surface area contributed by atoms with Crippen LogP contribution in [0.2, 0.25) is 0 Å². The van der Waals surface area contributed by atoms with Crippen molar-refractivity contribution in [1.29, 1.82) is 0 Å². The number of nitrogens with zero attached hydrogens (tertiary/aromatic N) is 4. The molecule has 6 nitrogen and oxygen atoms in total. The van der Waals surface area contributed by atoms with Gasteiger partial charge in [0.1, 0.15) is 12.2 Å². The number of aromatic nitrogens is 4. The number of carbonyl (C=O) groups is 1. The van der Waals surface area contributed by atoms with Crippen LogP contribution in [0.4, 0.5) is 14.5 Å². The fraction of sp³-hybridized carbons (Fsp3) is 0.278. The number of halogens is 2. The molecule has 0 saturated heterocycles. The lowest BCUT2D eigenvalue weighted by Gasteiger charge is -2.06. The van der Waals surface area contributed by atoms with E-state index >= 15 is 0 Å². The molecule has 1 aromatic carbocycles. The smallest absolute Gasteiger partial charge is 0.280 e. The molecule has 0 aliphatic rings. The zero-order valence-corrected chi connectivity index (χ0v) is 14.5. The number of carbonyl (C=O) groups excluding carboxylic acids is 1. The van der Waals surface area contributed by atoms with Gasteiger partial charge in [0.25, 0.3) is 6.43 Å². The maximum absolute atomic E-state index is 13.0. The normalized spacial score (nSPS) is 11.1. The number of hydrogen-bond donors (Lipinski definition) is 1. The number of hydrogen-bond acceptors (Lipinski definition) is 3. The van der Waals surface area contributed by atoms with E-state index in [-0.39, 0.29) is 12.2 Å². The summed E-state index contributed by atoms with van der Waals surface area (Å²) >= 11 is 0. The Kier molecular flexibility index (Phi) is 5.11. The average Bonchev–Trinajstić information content (AvgIpc) is 3.13. The van der Waals surface area contributed by atoms with Crippen molar-refractivity contribution in [2.75, 3.05) is 5.32 Å². The van der Waals surface area contributed by atoms with Crippen LogP contribution < -0.4 is 5.32 Å². The molecular weight excluding hydrogens is 340 g/mol. The van der Waals surface area contributed by atoms with Crippen molar-refractivity contribution < 1.29 is 13.6 Å². The van der Waals surface area contributed by atoms with Crippen molar-refractivity contribution in [3.05, 3.63) is 65.2 Å². The van der Waals surface area contributed by atoms with Crippen LogP contribution >= 0.6 is 0 Å². The maximum Gasteiger partial charge on any atom is 0.280 e. The Hall–Kier alpha value is -3.03. The predicted octanol–water partition coefficient (Wildman–Crippen LogP) is 3.32. The van der Waals surface area contributed by atoms with E-state index in [4.69, 9.17) is 0 Å². The highest BCUT2D eigenvalue weighted by atomic mass is 19.3. The molecule has 0 spiro atoms. The van der Waals surface area contributed by atoms with E-state index in [0.29, 0.717) is 17.9 Å². The summed E-state index contributed by atoms with van der Waals surface area (Å²) in [6.07, 6.45) is 0.541. The van der Waals surface area contributed by atoms with Gasteiger partial charge in [-0.25, -0.2) is 8.78 Å². The Morgan fingerprint density at radius 3 is 2.81 bits per heavy atom. The highest BCUT2D eigenvalue weighted by Gasteiger charge is 2.17. The summed E-state index contributed by atoms with van der Waals surface area (Å²) in [6.45, 7) is 3.92. The Morgan fingerprint density at radius 2 is 2.08 bits per heavy atom. The third kappa shape index (κ3) is 4.33. The van der Waals surface area contributed by atoms with Gasteiger partial charge in [0, 0.05) is 6.20 Å². The first kappa shape index (κ1) is 17.8. The Morgan fingerprint density at radius 1 is 1.27 bits per heavy atom. The van der Waals surface area contributed by atoms with Gasteiger partial charge >= 0.3 is 0 Å². The van der Waals surface area contributed by atoms with Gasteiger partial charge in [0.15, 0.2) is 0 Å². The Bertz CT molecular complexity index is 916. The zero-order valence-electron chi connectivity index (χ0n) is 14.5. The van der Waals surface area contributed by atoms with Crippen LogP contribution in [-0.2, 0) is 17.9 Å². The number of amides is 1. The van der Waals surface area contributed by atoms with Gasteiger partial charge in [-0.05, 0) is 25.5 Å². The quantitative estimate of drug-likeness (QED) is 0.734. The molecule has 0 bridgehead atoms. The molecule has 8 heteroatoms. The summed E-state index contributed by atoms with van der Waals surface area (Å²) < 4.78 is 28.6. The Balaban J connectivity index is 1.63. The molecule has 3 aromatic rings. The summed E-state index contributed by atoms with van der Waals surface area (Å²) in [5, 5.41) is 10.8. The van der Waals surface area contributed by atoms with Gasteiger partial charge in [0.2, 0.25) is 5.91 Å². The van der Waals surface area contributed by atoms with Crippen molar-refractivity contribution in [2.24, 2.45) is 0 Å². The number of aryl methyl sites for hydroxylation is 2. The van der Waals surface area contributed by atoms with Gasteiger partial charge in [-0.3, -0.25) is 14.2 Å². The van der Waals surface area contributed by atoms with Gasteiger partial charge in [-0.15, -0.1) is 0 Å². The molecule has 0 saturated carbocycles. The number of alkyl halides is 2. The second-order valence-corrected chi connectivity index (χ2v) is 6.13. The van der Waals surface area contributed by atoms with Gasteiger partial charge in [-0.1, -0.05) is 29.8 Å². The van der Waals surface area contributed by atoms with E-state index in [0.717, 1.165) is 15.8 Å². The van der Waals surface area contributed by atoms with Crippen LogP contribution in [0.5, 0.6) is 0 Å². The first-order chi connectivity index (χ1) is 12.4. The monoisotopic (exact) mass is 359 g/mol. The lowest BCUT2D eigenvalue weighted by Crippen LogP contribution is -2.21. The standard InChI is InChI=1S/C18H19F2N5O/c1-12-4-3-5-14(6-12)9-24-10-15(8-21-24)22-17(26)11-25-16(18(19)20)7-13(2)23-25/h3-8,10,18H,9,11H2,1-2H3,(H,22,26). The molecule has 3 rings (SSSR count). The van der Waals surface area contributed by atoms with Crippen LogP contribution in [0.25, 0.3) is 0 Å². The van der Waals surface area contributed by atoms with Crippen LogP contribution in [0.15, 0.2) is 42.7 Å². The molecule has 0 unspecified atom stereocenters. The van der Waals surface area contributed by atoms with E-state index in [2.05, 4.69) is 21.6 Å². The summed E-state index contributed by atoms with van der Waals surface area (Å²) in [6, 6.07) is 9.33. The first-order valence-corrected chi connectivity index (χ1v) is 8.11. The van der Waals surface area contributed by atoms with Crippen LogP contribution in [0, 0.1) is 13.8 Å². The third-order valence-corrected chi connectivity index (χ3v) is 3.79. The molecular formula is C18H19F2N5O. The zero-order chi connectivity index (χ0) is 18.7. The number of nitrogens with one attached hydrogen (secondary N) is 1. The SMILES string of the molecule is Cc1cccc(Cn2cc(NC(=O)Cn3nc(C)cc3C(F)F)cn2)c1. The van der Waals surface area contributed by atoms with Crippen molar-refractivity contribution >= 4 is 11.6 Å². The molecule has 0 atom stereocenters. The average molecular weight is 359 g/mol. The third-order valence-electron chi connectivity index (χ3n) is 3.79. The fourth-order valence-corrected chi connectivity index (χ4v) is 2.72. The van der Waals surface area contributed by atoms with E-state index in [1.807, 2.05) is 25.1 Å². The summed E-state index contributed by atoms with van der Waals surface area (Å²) in [7, 11) is 0. The molecule has 0 fully saturated rings. The molecule has 26 heavy (non-hydrogen) atoms. The van der Waals surface area contributed by atoms with Crippen molar-refractivity contribution in [3.63, 3.8) is 0 Å². The summed E-state index contributed by atoms with van der Waals surface area (Å²) in [4.78, 5) is 12.1. The molecule has 2 heterocycles. The van der Waals surface area contributed by atoms with Crippen molar-refractivity contribution in [1.82, 2.24) is 19.6 Å². The molecule has 0 radical (unpaired) electrons. The van der Waals surface area contributed by atoms with Gasteiger partial charge in [-0.2, -0.15) is 10.2 Å². The summed E-state index contributed by atoms with van der Waals surface area (Å²) in [5.41, 5.74) is 2.93. The topological polar surface area (TPSA) is 64.7 Å². The predicted molar refractivity (Wildman–Crippen MR) is 93.1 cm³/mol. The number of benzene rings is 1. The van der Waals surface area contributed by atoms with Crippen molar-refractivity contribution in [2.45, 2.75) is 33.4 Å². The van der Waals surface area contributed by atoms with E-state index in [9.17, 15) is 13.6 Å². The molecule has 2 aromatic heterocycles. The molecule has 136 valence electrons. The molecule has 1 amide bonds. The van der Waals surface area contributed by atoms with E-state index in [1.165, 1.54) is 12.3 Å². The number of rotatable bonds is 6. The van der Waals surface area contributed by atoms with Crippen LogP contribution in [0.1, 0.15) is 28.9 Å². The fourth-order valence-electron chi connectivity index (χ4n) is 2.72.